The standard InChI is InChI=1S/C9H19NO2/c1-4-10-6-7-11-8-9(10,3)12-5-2/h4-8H2,1-3H3. The predicted octanol–water partition coefficient (Wildman–Crippen LogP) is 1.09. The van der Waals surface area contributed by atoms with Gasteiger partial charge in [0.25, 0.3) is 0 Å². The molecule has 3 heteroatoms. The molecule has 1 heterocycles. The average molecular weight is 173 g/mol. The van der Waals surface area contributed by atoms with Gasteiger partial charge in [-0.05, 0) is 20.4 Å². The summed E-state index contributed by atoms with van der Waals surface area (Å²) in [5.41, 5.74) is -0.193. The van der Waals surface area contributed by atoms with Gasteiger partial charge in [-0.3, -0.25) is 4.90 Å². The van der Waals surface area contributed by atoms with E-state index < -0.39 is 0 Å². The van der Waals surface area contributed by atoms with Crippen LogP contribution >= 0.6 is 0 Å². The van der Waals surface area contributed by atoms with Crippen molar-refractivity contribution >= 4 is 0 Å². The number of morpholine rings is 1. The van der Waals surface area contributed by atoms with E-state index in [1.165, 1.54) is 0 Å². The second-order valence-electron chi connectivity index (χ2n) is 3.24. The maximum Gasteiger partial charge on any atom is 0.142 e. The van der Waals surface area contributed by atoms with Crippen LogP contribution in [0.25, 0.3) is 0 Å². The molecule has 3 nitrogen and oxygen atoms in total. The van der Waals surface area contributed by atoms with Gasteiger partial charge < -0.3 is 9.47 Å². The minimum absolute atomic E-state index is 0.193. The summed E-state index contributed by atoms with van der Waals surface area (Å²) in [5.74, 6) is 0. The van der Waals surface area contributed by atoms with Gasteiger partial charge in [0.05, 0.1) is 13.2 Å². The van der Waals surface area contributed by atoms with Crippen LogP contribution in [-0.4, -0.2) is 43.5 Å². The molecule has 1 fully saturated rings. The molecule has 0 amide bonds. The van der Waals surface area contributed by atoms with Crippen LogP contribution in [0.4, 0.5) is 0 Å². The minimum atomic E-state index is -0.193. The molecule has 1 atom stereocenters. The van der Waals surface area contributed by atoms with Crippen molar-refractivity contribution in [2.45, 2.75) is 26.5 Å². The Morgan fingerprint density at radius 1 is 1.50 bits per heavy atom. The molecule has 0 aromatic rings. The molecule has 1 rings (SSSR count). The summed E-state index contributed by atoms with van der Waals surface area (Å²) in [6.45, 7) is 10.5. The van der Waals surface area contributed by atoms with E-state index in [1.807, 2.05) is 6.92 Å². The zero-order chi connectivity index (χ0) is 9.03. The van der Waals surface area contributed by atoms with Crippen LogP contribution in [0.1, 0.15) is 20.8 Å². The van der Waals surface area contributed by atoms with Gasteiger partial charge in [0, 0.05) is 13.2 Å². The monoisotopic (exact) mass is 173 g/mol. The number of rotatable bonds is 3. The van der Waals surface area contributed by atoms with Crippen LogP contribution in [0.15, 0.2) is 0 Å². The zero-order valence-corrected chi connectivity index (χ0v) is 8.30. The molecule has 0 saturated carbocycles. The van der Waals surface area contributed by atoms with E-state index in [9.17, 15) is 0 Å². The van der Waals surface area contributed by atoms with E-state index >= 15 is 0 Å². The fraction of sp³-hybridized carbons (Fsp3) is 1.00. The summed E-state index contributed by atoms with van der Waals surface area (Å²) in [6, 6.07) is 0. The third kappa shape index (κ3) is 1.97. The Bertz CT molecular complexity index is 136. The molecule has 1 unspecified atom stereocenters. The lowest BCUT2D eigenvalue weighted by atomic mass is 10.2. The van der Waals surface area contributed by atoms with Gasteiger partial charge in [-0.25, -0.2) is 0 Å². The molecule has 0 bridgehead atoms. The Morgan fingerprint density at radius 2 is 2.25 bits per heavy atom. The second kappa shape index (κ2) is 4.21. The Balaban J connectivity index is 2.55. The third-order valence-electron chi connectivity index (χ3n) is 2.38. The van der Waals surface area contributed by atoms with Gasteiger partial charge in [0.15, 0.2) is 0 Å². The molecule has 12 heavy (non-hydrogen) atoms. The van der Waals surface area contributed by atoms with Gasteiger partial charge in [-0.1, -0.05) is 6.92 Å². The van der Waals surface area contributed by atoms with Gasteiger partial charge in [0.2, 0.25) is 0 Å². The number of nitrogens with zero attached hydrogens (tertiary/aromatic N) is 1. The Hall–Kier alpha value is -0.120. The maximum atomic E-state index is 5.67. The van der Waals surface area contributed by atoms with Crippen LogP contribution in [-0.2, 0) is 9.47 Å². The topological polar surface area (TPSA) is 21.7 Å². The number of hydrogen-bond donors (Lipinski definition) is 0. The lowest BCUT2D eigenvalue weighted by Crippen LogP contribution is -2.56. The molecular weight excluding hydrogens is 154 g/mol. The number of ether oxygens (including phenoxy) is 2. The molecular formula is C9H19NO2. The summed E-state index contributed by atoms with van der Waals surface area (Å²) in [7, 11) is 0. The fourth-order valence-corrected chi connectivity index (χ4v) is 1.70. The smallest absolute Gasteiger partial charge is 0.142 e. The molecule has 0 aromatic carbocycles. The van der Waals surface area contributed by atoms with Gasteiger partial charge >= 0.3 is 0 Å². The third-order valence-corrected chi connectivity index (χ3v) is 2.38. The second-order valence-corrected chi connectivity index (χ2v) is 3.24. The highest BCUT2D eigenvalue weighted by Crippen LogP contribution is 2.20. The van der Waals surface area contributed by atoms with E-state index in [0.717, 1.165) is 26.3 Å². The highest BCUT2D eigenvalue weighted by molar-refractivity contribution is 4.79. The highest BCUT2D eigenvalue weighted by atomic mass is 16.6. The van der Waals surface area contributed by atoms with E-state index in [1.54, 1.807) is 0 Å². The summed E-state index contributed by atoms with van der Waals surface area (Å²) >= 11 is 0. The van der Waals surface area contributed by atoms with E-state index in [0.29, 0.717) is 6.61 Å². The van der Waals surface area contributed by atoms with Crippen LogP contribution in [0.3, 0.4) is 0 Å². The lowest BCUT2D eigenvalue weighted by Gasteiger charge is -2.43. The molecule has 0 aromatic heterocycles. The Labute approximate surface area is 74.6 Å². The first-order chi connectivity index (χ1) is 5.73. The molecule has 1 aliphatic rings. The zero-order valence-electron chi connectivity index (χ0n) is 8.30. The van der Waals surface area contributed by atoms with Crippen molar-refractivity contribution in [3.63, 3.8) is 0 Å². The SMILES string of the molecule is CCOC1(C)COCCN1CC. The molecule has 1 saturated heterocycles. The lowest BCUT2D eigenvalue weighted by molar-refractivity contribution is -0.205. The van der Waals surface area contributed by atoms with Crippen molar-refractivity contribution in [3.8, 4) is 0 Å². The number of likely N-dealkylation sites (N-methyl/N-ethyl adjacent to an activating group) is 1. The molecule has 72 valence electrons. The van der Waals surface area contributed by atoms with Crippen molar-refractivity contribution in [2.75, 3.05) is 32.9 Å². The van der Waals surface area contributed by atoms with Gasteiger partial charge in [-0.2, -0.15) is 0 Å². The van der Waals surface area contributed by atoms with Gasteiger partial charge in [-0.15, -0.1) is 0 Å². The minimum Gasteiger partial charge on any atom is -0.376 e. The van der Waals surface area contributed by atoms with Crippen molar-refractivity contribution in [3.05, 3.63) is 0 Å². The quantitative estimate of drug-likeness (QED) is 0.637. The first kappa shape index (κ1) is 9.96. The first-order valence-electron chi connectivity index (χ1n) is 4.69. The summed E-state index contributed by atoms with van der Waals surface area (Å²) < 4.78 is 11.1. The average Bonchev–Trinajstić information content (AvgIpc) is 2.05. The first-order valence-corrected chi connectivity index (χ1v) is 4.69. The van der Waals surface area contributed by atoms with Crippen LogP contribution in [0.5, 0.6) is 0 Å². The predicted molar refractivity (Wildman–Crippen MR) is 48.1 cm³/mol. The van der Waals surface area contributed by atoms with Crippen LogP contribution < -0.4 is 0 Å². The fourth-order valence-electron chi connectivity index (χ4n) is 1.70. The van der Waals surface area contributed by atoms with Crippen LogP contribution in [0, 0.1) is 0 Å². The summed E-state index contributed by atoms with van der Waals surface area (Å²) in [4.78, 5) is 2.32. The van der Waals surface area contributed by atoms with Crippen LogP contribution in [0.2, 0.25) is 0 Å². The summed E-state index contributed by atoms with van der Waals surface area (Å²) in [6.07, 6.45) is 0. The van der Waals surface area contributed by atoms with Gasteiger partial charge in [0.1, 0.15) is 5.72 Å². The van der Waals surface area contributed by atoms with Crippen molar-refractivity contribution in [1.82, 2.24) is 4.90 Å². The van der Waals surface area contributed by atoms with E-state index in [4.69, 9.17) is 9.47 Å². The molecule has 0 aliphatic carbocycles. The Morgan fingerprint density at radius 3 is 2.83 bits per heavy atom. The van der Waals surface area contributed by atoms with Crippen molar-refractivity contribution in [1.29, 1.82) is 0 Å². The largest absolute Gasteiger partial charge is 0.376 e. The normalized spacial score (nSPS) is 32.2. The Kier molecular flexibility index (Phi) is 3.50. The molecule has 0 N–H and O–H groups in total. The van der Waals surface area contributed by atoms with E-state index in [2.05, 4.69) is 18.7 Å². The number of hydrogen-bond acceptors (Lipinski definition) is 3. The van der Waals surface area contributed by atoms with Crippen molar-refractivity contribution in [2.24, 2.45) is 0 Å². The molecule has 0 radical (unpaired) electrons. The highest BCUT2D eigenvalue weighted by Gasteiger charge is 2.34. The van der Waals surface area contributed by atoms with Crippen molar-refractivity contribution < 1.29 is 9.47 Å². The summed E-state index contributed by atoms with van der Waals surface area (Å²) in [5, 5.41) is 0. The molecule has 1 aliphatic heterocycles. The molecule has 0 spiro atoms. The maximum absolute atomic E-state index is 5.67. The van der Waals surface area contributed by atoms with E-state index in [-0.39, 0.29) is 5.72 Å².